The van der Waals surface area contributed by atoms with Crippen molar-refractivity contribution in [1.82, 2.24) is 13.9 Å². The van der Waals surface area contributed by atoms with Gasteiger partial charge in [0.1, 0.15) is 6.54 Å². The third-order valence-electron chi connectivity index (χ3n) is 6.06. The van der Waals surface area contributed by atoms with E-state index in [0.29, 0.717) is 28.7 Å². The second kappa shape index (κ2) is 9.47. The van der Waals surface area contributed by atoms with Crippen molar-refractivity contribution in [1.29, 1.82) is 0 Å². The largest absolute Gasteiger partial charge is 0.348 e. The lowest BCUT2D eigenvalue weighted by atomic mass is 10.1. The molecule has 0 radical (unpaired) electrons. The minimum atomic E-state index is -3.68. The molecule has 0 saturated carbocycles. The van der Waals surface area contributed by atoms with Crippen LogP contribution in [0.2, 0.25) is 0 Å². The van der Waals surface area contributed by atoms with E-state index in [-0.39, 0.29) is 23.3 Å². The van der Waals surface area contributed by atoms with Gasteiger partial charge in [-0.05, 0) is 69.2 Å². The minimum Gasteiger partial charge on any atom is -0.325 e. The normalized spacial score (nSPS) is 16.9. The first-order valence-electron chi connectivity index (χ1n) is 11.1. The average molecular weight is 483 g/mol. The van der Waals surface area contributed by atoms with Crippen LogP contribution in [0.4, 0.5) is 5.69 Å². The van der Waals surface area contributed by atoms with Gasteiger partial charge < -0.3 is 5.32 Å². The highest BCUT2D eigenvalue weighted by Gasteiger charge is 2.31. The van der Waals surface area contributed by atoms with Crippen LogP contribution >= 0.6 is 0 Å². The topological polar surface area (TPSA) is 118 Å². The summed E-state index contributed by atoms with van der Waals surface area (Å²) in [6.45, 7) is 3.54. The molecule has 0 bridgehead atoms. The molecule has 2 heterocycles. The number of anilines is 1. The SMILES string of the molecule is CC(=O)c1ccc(NC(=O)Cn2c(=O)ncc3cc(S(=O)(=O)N4CCCCC4C)ccc32)cc1. The van der Waals surface area contributed by atoms with Crippen molar-refractivity contribution in [3.8, 4) is 0 Å². The number of amides is 1. The highest BCUT2D eigenvalue weighted by molar-refractivity contribution is 7.89. The number of ketones is 1. The molecule has 1 N–H and O–H groups in total. The van der Waals surface area contributed by atoms with E-state index in [1.54, 1.807) is 24.3 Å². The third kappa shape index (κ3) is 4.78. The summed E-state index contributed by atoms with van der Waals surface area (Å²) in [5.74, 6) is -0.534. The molecule has 0 spiro atoms. The molecule has 1 amide bonds. The lowest BCUT2D eigenvalue weighted by Crippen LogP contribution is -2.41. The summed E-state index contributed by atoms with van der Waals surface area (Å²) < 4.78 is 29.1. The van der Waals surface area contributed by atoms with Crippen LogP contribution in [0.3, 0.4) is 0 Å². The summed E-state index contributed by atoms with van der Waals surface area (Å²) in [6, 6.07) is 10.9. The monoisotopic (exact) mass is 482 g/mol. The quantitative estimate of drug-likeness (QED) is 0.540. The number of hydrogen-bond acceptors (Lipinski definition) is 6. The number of Topliss-reactive ketones (excluding diaryl/α,β-unsaturated/α-hetero) is 1. The Morgan fingerprint density at radius 2 is 1.85 bits per heavy atom. The predicted octanol–water partition coefficient (Wildman–Crippen LogP) is 2.80. The van der Waals surface area contributed by atoms with E-state index in [9.17, 15) is 22.8 Å². The van der Waals surface area contributed by atoms with Crippen LogP contribution in [0, 0.1) is 0 Å². The van der Waals surface area contributed by atoms with Crippen molar-refractivity contribution in [2.75, 3.05) is 11.9 Å². The molecule has 3 aromatic rings. The van der Waals surface area contributed by atoms with Crippen LogP contribution in [-0.2, 0) is 21.4 Å². The van der Waals surface area contributed by atoms with Crippen LogP contribution in [0.5, 0.6) is 0 Å². The highest BCUT2D eigenvalue weighted by atomic mass is 32.2. The van der Waals surface area contributed by atoms with Gasteiger partial charge in [0.05, 0.1) is 10.4 Å². The van der Waals surface area contributed by atoms with Crippen molar-refractivity contribution in [3.05, 3.63) is 64.7 Å². The maximum atomic E-state index is 13.2. The predicted molar refractivity (Wildman–Crippen MR) is 128 cm³/mol. The summed E-state index contributed by atoms with van der Waals surface area (Å²) in [7, 11) is -3.68. The molecular weight excluding hydrogens is 456 g/mol. The molecule has 1 aliphatic heterocycles. The number of fused-ring (bicyclic) bond motifs is 1. The Morgan fingerprint density at radius 1 is 1.12 bits per heavy atom. The first-order chi connectivity index (χ1) is 16.2. The zero-order chi connectivity index (χ0) is 24.5. The van der Waals surface area contributed by atoms with Crippen LogP contribution in [0.25, 0.3) is 10.9 Å². The molecule has 1 aliphatic rings. The molecule has 4 rings (SSSR count). The Hall–Kier alpha value is -3.37. The van der Waals surface area contributed by atoms with Gasteiger partial charge in [0.2, 0.25) is 15.9 Å². The molecule has 1 fully saturated rings. The van der Waals surface area contributed by atoms with Crippen molar-refractivity contribution >= 4 is 38.3 Å². The van der Waals surface area contributed by atoms with Crippen LogP contribution < -0.4 is 11.0 Å². The Labute approximate surface area is 197 Å². The lowest BCUT2D eigenvalue weighted by Gasteiger charge is -2.32. The fraction of sp³-hybridized carbons (Fsp3) is 0.333. The number of piperidine rings is 1. The number of carbonyl (C=O) groups excluding carboxylic acids is 2. The van der Waals surface area contributed by atoms with Gasteiger partial charge in [0.25, 0.3) is 0 Å². The summed E-state index contributed by atoms with van der Waals surface area (Å²) in [6.07, 6.45) is 3.97. The summed E-state index contributed by atoms with van der Waals surface area (Å²) in [5, 5.41) is 3.14. The molecule has 1 atom stereocenters. The number of carbonyl (C=O) groups is 2. The standard InChI is InChI=1S/C24H26N4O5S/c1-16-5-3-4-12-28(16)34(32,33)21-10-11-22-19(13-21)14-25-24(31)27(22)15-23(30)26-20-8-6-18(7-9-20)17(2)29/h6-11,13-14,16H,3-5,12,15H2,1-2H3,(H,26,30). The number of rotatable bonds is 6. The van der Waals surface area contributed by atoms with Crippen molar-refractivity contribution in [2.24, 2.45) is 0 Å². The third-order valence-corrected chi connectivity index (χ3v) is 8.07. The van der Waals surface area contributed by atoms with E-state index >= 15 is 0 Å². The van der Waals surface area contributed by atoms with E-state index in [1.165, 1.54) is 40.2 Å². The number of aromatic nitrogens is 2. The van der Waals surface area contributed by atoms with Gasteiger partial charge in [-0.15, -0.1) is 0 Å². The van der Waals surface area contributed by atoms with Gasteiger partial charge in [-0.25, -0.2) is 18.2 Å². The van der Waals surface area contributed by atoms with Gasteiger partial charge in [-0.2, -0.15) is 4.31 Å². The summed E-state index contributed by atoms with van der Waals surface area (Å²) >= 11 is 0. The summed E-state index contributed by atoms with van der Waals surface area (Å²) in [5.41, 5.74) is 0.806. The van der Waals surface area contributed by atoms with Gasteiger partial charge >= 0.3 is 5.69 Å². The smallest absolute Gasteiger partial charge is 0.325 e. The van der Waals surface area contributed by atoms with Crippen molar-refractivity contribution in [2.45, 2.75) is 50.6 Å². The molecular formula is C24H26N4O5S. The number of nitrogens with one attached hydrogen (secondary N) is 1. The average Bonchev–Trinajstić information content (AvgIpc) is 2.81. The van der Waals surface area contributed by atoms with Gasteiger partial charge in [-0.1, -0.05) is 6.42 Å². The Kier molecular flexibility index (Phi) is 6.63. The maximum absolute atomic E-state index is 13.2. The number of hydrogen-bond donors (Lipinski definition) is 1. The number of sulfonamides is 1. The molecule has 9 nitrogen and oxygen atoms in total. The van der Waals surface area contributed by atoms with Crippen molar-refractivity contribution in [3.63, 3.8) is 0 Å². The molecule has 1 saturated heterocycles. The van der Waals surface area contributed by atoms with E-state index in [0.717, 1.165) is 19.3 Å². The Bertz CT molecular complexity index is 1410. The zero-order valence-electron chi connectivity index (χ0n) is 19.0. The van der Waals surface area contributed by atoms with E-state index in [2.05, 4.69) is 10.3 Å². The highest BCUT2D eigenvalue weighted by Crippen LogP contribution is 2.27. The van der Waals surface area contributed by atoms with Crippen LogP contribution in [0.15, 0.2) is 58.4 Å². The molecule has 1 unspecified atom stereocenters. The van der Waals surface area contributed by atoms with Gasteiger partial charge in [0.15, 0.2) is 5.78 Å². The number of benzene rings is 2. The fourth-order valence-electron chi connectivity index (χ4n) is 4.19. The Morgan fingerprint density at radius 3 is 2.53 bits per heavy atom. The second-order valence-corrected chi connectivity index (χ2v) is 10.4. The van der Waals surface area contributed by atoms with Crippen LogP contribution in [0.1, 0.15) is 43.5 Å². The van der Waals surface area contributed by atoms with Crippen LogP contribution in [-0.4, -0.2) is 46.6 Å². The molecule has 0 aliphatic carbocycles. The van der Waals surface area contributed by atoms with E-state index in [4.69, 9.17) is 0 Å². The molecule has 1 aromatic heterocycles. The molecule has 2 aromatic carbocycles. The summed E-state index contributed by atoms with van der Waals surface area (Å²) in [4.78, 5) is 40.4. The number of nitrogens with zero attached hydrogens (tertiary/aromatic N) is 3. The lowest BCUT2D eigenvalue weighted by molar-refractivity contribution is -0.116. The first kappa shape index (κ1) is 23.8. The van der Waals surface area contributed by atoms with Gasteiger partial charge in [0, 0.05) is 35.4 Å². The molecule has 10 heteroatoms. The van der Waals surface area contributed by atoms with E-state index < -0.39 is 21.6 Å². The second-order valence-electron chi connectivity index (χ2n) is 8.49. The van der Waals surface area contributed by atoms with Crippen molar-refractivity contribution < 1.29 is 18.0 Å². The Balaban J connectivity index is 1.60. The van der Waals surface area contributed by atoms with E-state index in [1.807, 2.05) is 6.92 Å². The maximum Gasteiger partial charge on any atom is 0.348 e. The molecule has 34 heavy (non-hydrogen) atoms. The van der Waals surface area contributed by atoms with Gasteiger partial charge in [-0.3, -0.25) is 14.2 Å². The fourth-order valence-corrected chi connectivity index (χ4v) is 5.92. The minimum absolute atomic E-state index is 0.0743. The first-order valence-corrected chi connectivity index (χ1v) is 12.5. The zero-order valence-corrected chi connectivity index (χ0v) is 19.8. The molecule has 178 valence electrons.